The maximum absolute atomic E-state index is 6.07. The topological polar surface area (TPSA) is 56.5 Å². The van der Waals surface area contributed by atoms with E-state index >= 15 is 0 Å². The van der Waals surface area contributed by atoms with Crippen LogP contribution in [0.4, 0.5) is 0 Å². The molecule has 106 valence electrons. The van der Waals surface area contributed by atoms with E-state index in [4.69, 9.17) is 26.9 Å². The predicted octanol–water partition coefficient (Wildman–Crippen LogP) is 2.81. The number of methoxy groups -OCH3 is 2. The molecule has 0 amide bonds. The molecule has 0 aromatic heterocycles. The average Bonchev–Trinajstić information content (AvgIpc) is 2.38. The van der Waals surface area contributed by atoms with Crippen molar-refractivity contribution in [3.05, 3.63) is 28.8 Å². The normalized spacial score (nSPS) is 18.7. The molecule has 1 aliphatic rings. The standard InChI is InChI=1S/C14H21ClN2O2/c1-18-13-5-4-10(15)8-11(13)12(17-16)9-14(19-2)6-3-7-14/h4-5,8,12,17H,3,6-7,9,16H2,1-2H3. The Kier molecular flexibility index (Phi) is 4.68. The lowest BCUT2D eigenvalue weighted by molar-refractivity contribution is -0.0839. The second-order valence-corrected chi connectivity index (χ2v) is 5.49. The van der Waals surface area contributed by atoms with Crippen molar-refractivity contribution in [2.24, 2.45) is 5.84 Å². The maximum atomic E-state index is 6.07. The number of hydrazine groups is 1. The van der Waals surface area contributed by atoms with E-state index in [1.807, 2.05) is 18.2 Å². The van der Waals surface area contributed by atoms with Crippen LogP contribution in [0.25, 0.3) is 0 Å². The van der Waals surface area contributed by atoms with Gasteiger partial charge in [0.25, 0.3) is 0 Å². The molecule has 1 aromatic rings. The van der Waals surface area contributed by atoms with Crippen molar-refractivity contribution in [2.45, 2.75) is 37.3 Å². The minimum absolute atomic E-state index is 0.0334. The molecule has 1 fully saturated rings. The van der Waals surface area contributed by atoms with E-state index in [0.29, 0.717) is 5.02 Å². The third-order valence-electron chi connectivity index (χ3n) is 4.04. The number of rotatable bonds is 6. The average molecular weight is 285 g/mol. The Morgan fingerprint density at radius 2 is 2.16 bits per heavy atom. The first-order valence-electron chi connectivity index (χ1n) is 6.49. The highest BCUT2D eigenvalue weighted by Gasteiger charge is 2.39. The number of halogens is 1. The summed E-state index contributed by atoms with van der Waals surface area (Å²) in [5.74, 6) is 6.50. The first-order chi connectivity index (χ1) is 9.14. The summed E-state index contributed by atoms with van der Waals surface area (Å²) >= 11 is 6.07. The van der Waals surface area contributed by atoms with Gasteiger partial charge in [0.2, 0.25) is 0 Å². The molecule has 5 heteroatoms. The zero-order valence-electron chi connectivity index (χ0n) is 11.4. The summed E-state index contributed by atoms with van der Waals surface area (Å²) < 4.78 is 11.0. The third-order valence-corrected chi connectivity index (χ3v) is 4.28. The second kappa shape index (κ2) is 6.09. The van der Waals surface area contributed by atoms with Crippen LogP contribution in [0.1, 0.15) is 37.3 Å². The van der Waals surface area contributed by atoms with Crippen LogP contribution in [0.3, 0.4) is 0 Å². The molecular weight excluding hydrogens is 264 g/mol. The highest BCUT2D eigenvalue weighted by Crippen LogP contribution is 2.43. The van der Waals surface area contributed by atoms with Gasteiger partial charge in [-0.3, -0.25) is 11.3 Å². The minimum Gasteiger partial charge on any atom is -0.496 e. The molecule has 19 heavy (non-hydrogen) atoms. The fraction of sp³-hybridized carbons (Fsp3) is 0.571. The molecule has 1 atom stereocenters. The maximum Gasteiger partial charge on any atom is 0.123 e. The molecule has 0 heterocycles. The summed E-state index contributed by atoms with van der Waals surface area (Å²) in [5, 5.41) is 0.677. The summed E-state index contributed by atoms with van der Waals surface area (Å²) in [7, 11) is 3.41. The van der Waals surface area contributed by atoms with Gasteiger partial charge < -0.3 is 9.47 Å². The Morgan fingerprint density at radius 1 is 1.42 bits per heavy atom. The molecule has 0 radical (unpaired) electrons. The molecular formula is C14H21ClN2O2. The molecule has 3 N–H and O–H groups in total. The van der Waals surface area contributed by atoms with Gasteiger partial charge in [-0.1, -0.05) is 11.6 Å². The molecule has 1 saturated carbocycles. The van der Waals surface area contributed by atoms with E-state index in [1.165, 1.54) is 6.42 Å². The molecule has 1 aromatic carbocycles. The molecule has 2 rings (SSSR count). The van der Waals surface area contributed by atoms with Gasteiger partial charge in [0.1, 0.15) is 5.75 Å². The van der Waals surface area contributed by atoms with Crippen LogP contribution in [0.2, 0.25) is 5.02 Å². The molecule has 4 nitrogen and oxygen atoms in total. The Labute approximate surface area is 119 Å². The predicted molar refractivity (Wildman–Crippen MR) is 76.3 cm³/mol. The van der Waals surface area contributed by atoms with Gasteiger partial charge >= 0.3 is 0 Å². The Hall–Kier alpha value is -0.810. The van der Waals surface area contributed by atoms with Gasteiger partial charge in [-0.2, -0.15) is 0 Å². The number of nitrogens with two attached hydrogens (primary N) is 1. The van der Waals surface area contributed by atoms with Crippen LogP contribution in [0, 0.1) is 0 Å². The van der Waals surface area contributed by atoms with Crippen molar-refractivity contribution in [1.29, 1.82) is 0 Å². The lowest BCUT2D eigenvalue weighted by Gasteiger charge is -2.42. The highest BCUT2D eigenvalue weighted by atomic mass is 35.5. The molecule has 0 saturated heterocycles. The van der Waals surface area contributed by atoms with Gasteiger partial charge in [-0.15, -0.1) is 0 Å². The van der Waals surface area contributed by atoms with Crippen molar-refractivity contribution in [3.8, 4) is 5.75 Å². The molecule has 1 aliphatic carbocycles. The Morgan fingerprint density at radius 3 is 2.63 bits per heavy atom. The number of hydrogen-bond donors (Lipinski definition) is 2. The van der Waals surface area contributed by atoms with Crippen LogP contribution < -0.4 is 16.0 Å². The van der Waals surface area contributed by atoms with Crippen LogP contribution in [0.15, 0.2) is 18.2 Å². The fourth-order valence-corrected chi connectivity index (χ4v) is 2.85. The quantitative estimate of drug-likeness (QED) is 0.623. The van der Waals surface area contributed by atoms with E-state index in [-0.39, 0.29) is 11.6 Å². The van der Waals surface area contributed by atoms with E-state index in [0.717, 1.165) is 30.6 Å². The van der Waals surface area contributed by atoms with Crippen molar-refractivity contribution in [1.82, 2.24) is 5.43 Å². The Bertz CT molecular complexity index is 430. The number of nitrogens with one attached hydrogen (secondary N) is 1. The number of benzene rings is 1. The SMILES string of the molecule is COc1ccc(Cl)cc1C(CC1(OC)CCC1)NN. The highest BCUT2D eigenvalue weighted by molar-refractivity contribution is 6.30. The summed E-state index contributed by atoms with van der Waals surface area (Å²) in [5.41, 5.74) is 3.77. The summed E-state index contributed by atoms with van der Waals surface area (Å²) in [6.07, 6.45) is 4.17. The summed E-state index contributed by atoms with van der Waals surface area (Å²) in [6, 6.07) is 5.54. The first-order valence-corrected chi connectivity index (χ1v) is 6.86. The van der Waals surface area contributed by atoms with Gasteiger partial charge in [0.05, 0.1) is 18.8 Å². The van der Waals surface area contributed by atoms with Gasteiger partial charge in [-0.05, 0) is 43.9 Å². The van der Waals surface area contributed by atoms with E-state index in [1.54, 1.807) is 14.2 Å². The largest absolute Gasteiger partial charge is 0.496 e. The zero-order valence-corrected chi connectivity index (χ0v) is 12.2. The van der Waals surface area contributed by atoms with E-state index in [9.17, 15) is 0 Å². The third kappa shape index (κ3) is 3.03. The molecule has 0 bridgehead atoms. The van der Waals surface area contributed by atoms with Crippen molar-refractivity contribution < 1.29 is 9.47 Å². The zero-order chi connectivity index (χ0) is 13.9. The minimum atomic E-state index is -0.0651. The summed E-state index contributed by atoms with van der Waals surface area (Å²) in [4.78, 5) is 0. The second-order valence-electron chi connectivity index (χ2n) is 5.05. The lowest BCUT2D eigenvalue weighted by Crippen LogP contribution is -2.44. The smallest absolute Gasteiger partial charge is 0.123 e. The van der Waals surface area contributed by atoms with Crippen LogP contribution in [0.5, 0.6) is 5.75 Å². The molecule has 0 aliphatic heterocycles. The van der Waals surface area contributed by atoms with Crippen molar-refractivity contribution in [3.63, 3.8) is 0 Å². The van der Waals surface area contributed by atoms with E-state index in [2.05, 4.69) is 5.43 Å². The van der Waals surface area contributed by atoms with Crippen molar-refractivity contribution in [2.75, 3.05) is 14.2 Å². The number of hydrogen-bond acceptors (Lipinski definition) is 4. The van der Waals surface area contributed by atoms with Crippen LogP contribution >= 0.6 is 11.6 Å². The summed E-state index contributed by atoms with van der Waals surface area (Å²) in [6.45, 7) is 0. The van der Waals surface area contributed by atoms with E-state index < -0.39 is 0 Å². The molecule has 0 spiro atoms. The number of ether oxygens (including phenoxy) is 2. The Balaban J connectivity index is 2.23. The van der Waals surface area contributed by atoms with Crippen LogP contribution in [-0.4, -0.2) is 19.8 Å². The van der Waals surface area contributed by atoms with Crippen LogP contribution in [-0.2, 0) is 4.74 Å². The van der Waals surface area contributed by atoms with Gasteiger partial charge in [0.15, 0.2) is 0 Å². The fourth-order valence-electron chi connectivity index (χ4n) is 2.67. The van der Waals surface area contributed by atoms with Gasteiger partial charge in [-0.25, -0.2) is 0 Å². The van der Waals surface area contributed by atoms with Gasteiger partial charge in [0, 0.05) is 17.7 Å². The first kappa shape index (κ1) is 14.6. The van der Waals surface area contributed by atoms with Crippen molar-refractivity contribution >= 4 is 11.6 Å². The molecule has 1 unspecified atom stereocenters. The lowest BCUT2D eigenvalue weighted by atomic mass is 9.74. The monoisotopic (exact) mass is 284 g/mol.